The molecule has 0 bridgehead atoms. The molecule has 0 spiro atoms. The van der Waals surface area contributed by atoms with Gasteiger partial charge < -0.3 is 24.8 Å². The van der Waals surface area contributed by atoms with Gasteiger partial charge in [-0.15, -0.1) is 0 Å². The van der Waals surface area contributed by atoms with Gasteiger partial charge in [0.05, 0.1) is 19.5 Å². The molecule has 0 aliphatic carbocycles. The summed E-state index contributed by atoms with van der Waals surface area (Å²) >= 11 is 5.97. The molecular weight excluding hydrogens is 527 g/mol. The number of anilines is 1. The van der Waals surface area contributed by atoms with Gasteiger partial charge in [0, 0.05) is 6.42 Å². The van der Waals surface area contributed by atoms with Crippen LogP contribution in [-0.4, -0.2) is 61.6 Å². The number of esters is 1. The number of nitrogens with zero attached hydrogens (tertiary/aromatic N) is 4. The van der Waals surface area contributed by atoms with Crippen molar-refractivity contribution in [3.8, 4) is 5.75 Å². The SMILES string of the molecule is CCOC(=O)C(C)(C)NP(=O)(Oc1ccccc1)OC1C[C@H](n2cnc3c(N)nc(Cl)nc32)O[C@@H]1CO. The Kier molecular flexibility index (Phi) is 8.02. The first-order valence-corrected chi connectivity index (χ1v) is 13.4. The Balaban J connectivity index is 1.62. The molecule has 0 amide bonds. The van der Waals surface area contributed by atoms with Crippen LogP contribution in [0.15, 0.2) is 36.7 Å². The molecule has 4 atom stereocenters. The largest absolute Gasteiger partial charge is 0.465 e. The first-order chi connectivity index (χ1) is 17.5. The van der Waals surface area contributed by atoms with Gasteiger partial charge in [-0.3, -0.25) is 13.9 Å². The third-order valence-electron chi connectivity index (χ3n) is 5.54. The number of halogens is 1. The summed E-state index contributed by atoms with van der Waals surface area (Å²) in [4.78, 5) is 24.8. The molecule has 0 saturated carbocycles. The fourth-order valence-corrected chi connectivity index (χ4v) is 5.90. The molecule has 2 unspecified atom stereocenters. The second kappa shape index (κ2) is 10.9. The highest BCUT2D eigenvalue weighted by Crippen LogP contribution is 2.50. The summed E-state index contributed by atoms with van der Waals surface area (Å²) in [6, 6.07) is 8.36. The number of benzene rings is 1. The molecule has 1 saturated heterocycles. The van der Waals surface area contributed by atoms with Crippen LogP contribution in [0, 0.1) is 0 Å². The van der Waals surface area contributed by atoms with E-state index < -0.39 is 44.3 Å². The molecule has 13 nitrogen and oxygen atoms in total. The number of imidazole rings is 1. The van der Waals surface area contributed by atoms with E-state index in [1.165, 1.54) is 20.2 Å². The number of para-hydroxylation sites is 1. The lowest BCUT2D eigenvalue weighted by atomic mass is 10.1. The number of carbonyl (C=O) groups excluding carboxylic acids is 1. The molecule has 1 fully saturated rings. The number of carbonyl (C=O) groups is 1. The lowest BCUT2D eigenvalue weighted by molar-refractivity contribution is -0.149. The second-order valence-corrected chi connectivity index (χ2v) is 10.7. The smallest absolute Gasteiger partial charge is 0.460 e. The third-order valence-corrected chi connectivity index (χ3v) is 7.54. The van der Waals surface area contributed by atoms with E-state index in [1.807, 2.05) is 0 Å². The maximum atomic E-state index is 14.0. The summed E-state index contributed by atoms with van der Waals surface area (Å²) in [5, 5.41) is 12.6. The Morgan fingerprint density at radius 1 is 1.35 bits per heavy atom. The summed E-state index contributed by atoms with van der Waals surface area (Å²) in [6.45, 7) is 4.35. The van der Waals surface area contributed by atoms with E-state index in [0.29, 0.717) is 11.2 Å². The van der Waals surface area contributed by atoms with Crippen molar-refractivity contribution in [2.24, 2.45) is 0 Å². The minimum atomic E-state index is -4.24. The van der Waals surface area contributed by atoms with Gasteiger partial charge in [0.15, 0.2) is 11.5 Å². The van der Waals surface area contributed by atoms with E-state index in [2.05, 4.69) is 20.0 Å². The van der Waals surface area contributed by atoms with Crippen LogP contribution in [0.4, 0.5) is 5.82 Å². The normalized spacial score (nSPS) is 21.6. The number of nitrogen functional groups attached to an aromatic ring is 1. The average molecular weight is 555 g/mol. The van der Waals surface area contributed by atoms with Crippen LogP contribution < -0.4 is 15.3 Å². The lowest BCUT2D eigenvalue weighted by Gasteiger charge is -2.31. The number of aliphatic hydroxyl groups excluding tert-OH is 1. The molecule has 1 aliphatic heterocycles. The molecule has 37 heavy (non-hydrogen) atoms. The first-order valence-electron chi connectivity index (χ1n) is 11.5. The van der Waals surface area contributed by atoms with Gasteiger partial charge in [0.2, 0.25) is 5.28 Å². The van der Waals surface area contributed by atoms with Crippen molar-refractivity contribution in [1.82, 2.24) is 24.6 Å². The Morgan fingerprint density at radius 3 is 2.76 bits per heavy atom. The zero-order chi connectivity index (χ0) is 26.8. The summed E-state index contributed by atoms with van der Waals surface area (Å²) in [7, 11) is -4.24. The van der Waals surface area contributed by atoms with E-state index in [1.54, 1.807) is 41.8 Å². The highest BCUT2D eigenvalue weighted by atomic mass is 35.5. The average Bonchev–Trinajstić information content (AvgIpc) is 3.43. The van der Waals surface area contributed by atoms with Crippen LogP contribution in [0.1, 0.15) is 33.4 Å². The topological polar surface area (TPSA) is 173 Å². The lowest BCUT2D eigenvalue weighted by Crippen LogP contribution is -2.47. The summed E-state index contributed by atoms with van der Waals surface area (Å²) in [6.07, 6.45) is -0.947. The standard InChI is InChI=1S/C22H28ClN6O7P/c1-4-33-20(31)22(2,3)28-37(32,35-13-8-6-5-7-9-13)36-14-10-16(34-15(14)11-30)29-12-25-17-18(24)26-21(23)27-19(17)29/h5-9,12,14-16,30H,4,10-11H2,1-3H3,(H,28,32)(H2,24,26,27)/t14?,15-,16-,37?/m1/s1. The molecule has 3 aromatic rings. The van der Waals surface area contributed by atoms with Crippen molar-refractivity contribution in [1.29, 1.82) is 0 Å². The molecular formula is C22H28ClN6O7P. The highest BCUT2D eigenvalue weighted by molar-refractivity contribution is 7.52. The number of ether oxygens (including phenoxy) is 2. The summed E-state index contributed by atoms with van der Waals surface area (Å²) in [5.41, 5.74) is 5.12. The van der Waals surface area contributed by atoms with Crippen LogP contribution in [0.5, 0.6) is 5.75 Å². The number of hydrogen-bond acceptors (Lipinski definition) is 11. The molecule has 3 heterocycles. The number of nitrogens with one attached hydrogen (secondary N) is 1. The van der Waals surface area contributed by atoms with E-state index in [4.69, 9.17) is 35.9 Å². The van der Waals surface area contributed by atoms with Crippen LogP contribution in [0.3, 0.4) is 0 Å². The molecule has 4 rings (SSSR count). The molecule has 0 radical (unpaired) electrons. The van der Waals surface area contributed by atoms with E-state index in [9.17, 15) is 14.5 Å². The van der Waals surface area contributed by atoms with Gasteiger partial charge >= 0.3 is 13.7 Å². The minimum Gasteiger partial charge on any atom is -0.465 e. The van der Waals surface area contributed by atoms with Gasteiger partial charge in [-0.25, -0.2) is 9.55 Å². The number of aromatic nitrogens is 4. The van der Waals surface area contributed by atoms with Crippen LogP contribution >= 0.6 is 19.3 Å². The van der Waals surface area contributed by atoms with Crippen molar-refractivity contribution in [3.05, 3.63) is 41.9 Å². The quantitative estimate of drug-likeness (QED) is 0.190. The second-order valence-electron chi connectivity index (χ2n) is 8.75. The maximum absolute atomic E-state index is 14.0. The molecule has 2 aromatic heterocycles. The van der Waals surface area contributed by atoms with Crippen molar-refractivity contribution < 1.29 is 33.0 Å². The van der Waals surface area contributed by atoms with Crippen molar-refractivity contribution >= 4 is 42.3 Å². The molecule has 1 aromatic carbocycles. The van der Waals surface area contributed by atoms with Gasteiger partial charge in [-0.1, -0.05) is 18.2 Å². The molecule has 4 N–H and O–H groups in total. The van der Waals surface area contributed by atoms with E-state index >= 15 is 0 Å². The predicted molar refractivity (Wildman–Crippen MR) is 134 cm³/mol. The minimum absolute atomic E-state index is 0.0672. The summed E-state index contributed by atoms with van der Waals surface area (Å²) < 4.78 is 38.4. The number of hydrogen-bond donors (Lipinski definition) is 3. The fraction of sp³-hybridized carbons (Fsp3) is 0.455. The fourth-order valence-electron chi connectivity index (χ4n) is 3.84. The van der Waals surface area contributed by atoms with Gasteiger partial charge in [0.25, 0.3) is 0 Å². The predicted octanol–water partition coefficient (Wildman–Crippen LogP) is 2.85. The first kappa shape index (κ1) is 27.2. The Bertz CT molecular complexity index is 1310. The Morgan fingerprint density at radius 2 is 2.08 bits per heavy atom. The molecule has 1 aliphatic rings. The van der Waals surface area contributed by atoms with Crippen LogP contribution in [0.2, 0.25) is 5.28 Å². The molecule has 15 heteroatoms. The number of aliphatic hydroxyl groups is 1. The number of rotatable bonds is 10. The summed E-state index contributed by atoms with van der Waals surface area (Å²) in [5.74, 6) is -0.297. The van der Waals surface area contributed by atoms with Crippen molar-refractivity contribution in [2.45, 2.75) is 51.2 Å². The van der Waals surface area contributed by atoms with Gasteiger partial charge in [0.1, 0.15) is 35.2 Å². The van der Waals surface area contributed by atoms with Crippen molar-refractivity contribution in [2.75, 3.05) is 18.9 Å². The Labute approximate surface area is 217 Å². The van der Waals surface area contributed by atoms with Crippen LogP contribution in [-0.2, 0) is 23.4 Å². The van der Waals surface area contributed by atoms with Gasteiger partial charge in [-0.05, 0) is 44.5 Å². The van der Waals surface area contributed by atoms with Crippen molar-refractivity contribution in [3.63, 3.8) is 0 Å². The monoisotopic (exact) mass is 554 g/mol. The third kappa shape index (κ3) is 6.03. The van der Waals surface area contributed by atoms with E-state index in [0.717, 1.165) is 0 Å². The van der Waals surface area contributed by atoms with Gasteiger partial charge in [-0.2, -0.15) is 15.1 Å². The zero-order valence-electron chi connectivity index (χ0n) is 20.4. The zero-order valence-corrected chi connectivity index (χ0v) is 22.1. The molecule has 200 valence electrons. The Hall–Kier alpha value is -2.80. The number of fused-ring (bicyclic) bond motifs is 1. The highest BCUT2D eigenvalue weighted by Gasteiger charge is 2.46. The van der Waals surface area contributed by atoms with Crippen LogP contribution in [0.25, 0.3) is 11.2 Å². The number of nitrogens with two attached hydrogens (primary N) is 1. The van der Waals surface area contributed by atoms with E-state index in [-0.39, 0.29) is 29.9 Å². The maximum Gasteiger partial charge on any atom is 0.460 e.